The van der Waals surface area contributed by atoms with Crippen LogP contribution < -0.4 is 9.47 Å². The lowest BCUT2D eigenvalue weighted by atomic mass is 9.98. The van der Waals surface area contributed by atoms with Gasteiger partial charge in [0.1, 0.15) is 22.8 Å². The van der Waals surface area contributed by atoms with Crippen LogP contribution in [0.1, 0.15) is 0 Å². The van der Waals surface area contributed by atoms with Crippen molar-refractivity contribution in [3.63, 3.8) is 0 Å². The van der Waals surface area contributed by atoms with Gasteiger partial charge < -0.3 is 13.9 Å². The third-order valence-corrected chi connectivity index (χ3v) is 4.31. The molecule has 4 aromatic rings. The van der Waals surface area contributed by atoms with Gasteiger partial charge in [0.15, 0.2) is 0 Å². The van der Waals surface area contributed by atoms with Gasteiger partial charge in [0.25, 0.3) is 0 Å². The van der Waals surface area contributed by atoms with Crippen LogP contribution in [0.5, 0.6) is 11.5 Å². The molecular weight excluding hydrogens is 312 g/mol. The second kappa shape index (κ2) is 6.36. The number of methoxy groups -OCH3 is 2. The molecular formula is C22H18O3. The lowest BCUT2D eigenvalue weighted by molar-refractivity contribution is 0.414. The van der Waals surface area contributed by atoms with Crippen molar-refractivity contribution < 1.29 is 13.9 Å². The highest BCUT2D eigenvalue weighted by Crippen LogP contribution is 2.42. The van der Waals surface area contributed by atoms with E-state index in [2.05, 4.69) is 24.3 Å². The first-order valence-corrected chi connectivity index (χ1v) is 8.10. The molecule has 0 aliphatic carbocycles. The molecule has 1 heterocycles. The fraction of sp³-hybridized carbons (Fsp3) is 0.0909. The summed E-state index contributed by atoms with van der Waals surface area (Å²) in [7, 11) is 3.33. The number of hydrogen-bond acceptors (Lipinski definition) is 3. The Kier molecular flexibility index (Phi) is 3.90. The van der Waals surface area contributed by atoms with Crippen LogP contribution in [0.4, 0.5) is 0 Å². The quantitative estimate of drug-likeness (QED) is 0.475. The van der Waals surface area contributed by atoms with Gasteiger partial charge in [0.05, 0.1) is 14.2 Å². The van der Waals surface area contributed by atoms with Gasteiger partial charge in [-0.1, -0.05) is 42.5 Å². The fourth-order valence-corrected chi connectivity index (χ4v) is 3.04. The van der Waals surface area contributed by atoms with Gasteiger partial charge in [0.2, 0.25) is 0 Å². The lowest BCUT2D eigenvalue weighted by Gasteiger charge is -2.06. The van der Waals surface area contributed by atoms with E-state index in [4.69, 9.17) is 13.9 Å². The van der Waals surface area contributed by atoms with Crippen LogP contribution in [0.15, 0.2) is 77.2 Å². The maximum absolute atomic E-state index is 6.23. The molecule has 0 N–H and O–H groups in total. The first-order valence-electron chi connectivity index (χ1n) is 8.10. The van der Waals surface area contributed by atoms with Crippen LogP contribution in [0.2, 0.25) is 0 Å². The maximum Gasteiger partial charge on any atom is 0.143 e. The van der Waals surface area contributed by atoms with E-state index in [-0.39, 0.29) is 0 Å². The predicted molar refractivity (Wildman–Crippen MR) is 100 cm³/mol. The average molecular weight is 330 g/mol. The number of benzene rings is 3. The summed E-state index contributed by atoms with van der Waals surface area (Å²) in [6.45, 7) is 0. The number of ether oxygens (including phenoxy) is 2. The number of fused-ring (bicyclic) bond motifs is 1. The first-order chi connectivity index (χ1) is 12.3. The topological polar surface area (TPSA) is 31.6 Å². The Labute approximate surface area is 146 Å². The Morgan fingerprint density at radius 1 is 0.680 bits per heavy atom. The second-order valence-corrected chi connectivity index (χ2v) is 5.76. The lowest BCUT2D eigenvalue weighted by Crippen LogP contribution is -1.84. The number of furan rings is 1. The molecule has 0 bridgehead atoms. The van der Waals surface area contributed by atoms with Crippen molar-refractivity contribution in [2.24, 2.45) is 0 Å². The van der Waals surface area contributed by atoms with Crippen LogP contribution in [-0.4, -0.2) is 14.2 Å². The highest BCUT2D eigenvalue weighted by Gasteiger charge is 2.18. The van der Waals surface area contributed by atoms with Crippen LogP contribution in [0.3, 0.4) is 0 Å². The summed E-state index contributed by atoms with van der Waals surface area (Å²) >= 11 is 0. The van der Waals surface area contributed by atoms with E-state index in [0.717, 1.165) is 44.9 Å². The zero-order valence-corrected chi connectivity index (χ0v) is 14.2. The SMILES string of the molecule is COc1ccc(-c2c(-c3ccccc3)oc3cc(OC)ccc23)cc1. The molecule has 3 aromatic carbocycles. The largest absolute Gasteiger partial charge is 0.497 e. The summed E-state index contributed by atoms with van der Waals surface area (Å²) in [5, 5.41) is 1.06. The van der Waals surface area contributed by atoms with E-state index >= 15 is 0 Å². The van der Waals surface area contributed by atoms with Crippen molar-refractivity contribution >= 4 is 11.0 Å². The van der Waals surface area contributed by atoms with Gasteiger partial charge in [0, 0.05) is 22.6 Å². The van der Waals surface area contributed by atoms with Crippen molar-refractivity contribution in [1.82, 2.24) is 0 Å². The molecule has 0 aliphatic heterocycles. The van der Waals surface area contributed by atoms with Crippen molar-refractivity contribution in [2.75, 3.05) is 14.2 Å². The minimum absolute atomic E-state index is 0.780. The number of rotatable bonds is 4. The van der Waals surface area contributed by atoms with Gasteiger partial charge in [-0.2, -0.15) is 0 Å². The Morgan fingerprint density at radius 3 is 2.04 bits per heavy atom. The average Bonchev–Trinajstić information content (AvgIpc) is 3.07. The summed E-state index contributed by atoms with van der Waals surface area (Å²) in [5.41, 5.74) is 4.02. The molecule has 124 valence electrons. The van der Waals surface area contributed by atoms with Crippen molar-refractivity contribution in [3.8, 4) is 33.9 Å². The summed E-state index contributed by atoms with van der Waals surface area (Å²) in [6, 6.07) is 24.1. The van der Waals surface area contributed by atoms with Crippen LogP contribution in [-0.2, 0) is 0 Å². The monoisotopic (exact) mass is 330 g/mol. The fourth-order valence-electron chi connectivity index (χ4n) is 3.04. The van der Waals surface area contributed by atoms with Crippen molar-refractivity contribution in [1.29, 1.82) is 0 Å². The highest BCUT2D eigenvalue weighted by molar-refractivity contribution is 6.02. The Morgan fingerprint density at radius 2 is 1.36 bits per heavy atom. The molecule has 1 aromatic heterocycles. The summed E-state index contributed by atoms with van der Waals surface area (Å²) in [4.78, 5) is 0. The standard InChI is InChI=1S/C22H18O3/c1-23-17-10-8-15(9-11-17)21-19-13-12-18(24-2)14-20(19)25-22(21)16-6-4-3-5-7-16/h3-14H,1-2H3. The summed E-state index contributed by atoms with van der Waals surface area (Å²) in [6.07, 6.45) is 0. The molecule has 0 amide bonds. The predicted octanol–water partition coefficient (Wildman–Crippen LogP) is 5.78. The van der Waals surface area contributed by atoms with Gasteiger partial charge in [-0.15, -0.1) is 0 Å². The van der Waals surface area contributed by atoms with Crippen molar-refractivity contribution in [2.45, 2.75) is 0 Å². The van der Waals surface area contributed by atoms with E-state index in [9.17, 15) is 0 Å². The molecule has 0 radical (unpaired) electrons. The molecule has 0 spiro atoms. The molecule has 0 fully saturated rings. The maximum atomic E-state index is 6.23. The first kappa shape index (κ1) is 15.3. The van der Waals surface area contributed by atoms with E-state index in [1.54, 1.807) is 14.2 Å². The summed E-state index contributed by atoms with van der Waals surface area (Å²) < 4.78 is 16.8. The van der Waals surface area contributed by atoms with Gasteiger partial charge in [-0.25, -0.2) is 0 Å². The second-order valence-electron chi connectivity index (χ2n) is 5.76. The van der Waals surface area contributed by atoms with Gasteiger partial charge in [-0.3, -0.25) is 0 Å². The zero-order valence-electron chi connectivity index (χ0n) is 14.2. The number of hydrogen-bond donors (Lipinski definition) is 0. The molecule has 25 heavy (non-hydrogen) atoms. The minimum atomic E-state index is 0.780. The van der Waals surface area contributed by atoms with E-state index < -0.39 is 0 Å². The highest BCUT2D eigenvalue weighted by atomic mass is 16.5. The third kappa shape index (κ3) is 2.74. The molecule has 0 unspecified atom stereocenters. The normalized spacial score (nSPS) is 10.8. The van der Waals surface area contributed by atoms with E-state index in [1.807, 2.05) is 48.5 Å². The van der Waals surface area contributed by atoms with Crippen LogP contribution >= 0.6 is 0 Å². The van der Waals surface area contributed by atoms with Crippen molar-refractivity contribution in [3.05, 3.63) is 72.8 Å². The van der Waals surface area contributed by atoms with Crippen LogP contribution in [0.25, 0.3) is 33.4 Å². The molecule has 0 aliphatic rings. The van der Waals surface area contributed by atoms with Crippen LogP contribution in [0, 0.1) is 0 Å². The molecule has 0 saturated heterocycles. The van der Waals surface area contributed by atoms with E-state index in [0.29, 0.717) is 0 Å². The van der Waals surface area contributed by atoms with Gasteiger partial charge >= 0.3 is 0 Å². The molecule has 0 saturated carbocycles. The zero-order chi connectivity index (χ0) is 17.2. The van der Waals surface area contributed by atoms with E-state index in [1.165, 1.54) is 0 Å². The summed E-state index contributed by atoms with van der Waals surface area (Å²) in [5.74, 6) is 2.47. The Hall–Kier alpha value is -3.20. The Balaban J connectivity index is 1.98. The van der Waals surface area contributed by atoms with Gasteiger partial charge in [-0.05, 0) is 29.8 Å². The molecule has 3 nitrogen and oxygen atoms in total. The Bertz CT molecular complexity index is 999. The molecule has 3 heteroatoms. The smallest absolute Gasteiger partial charge is 0.143 e. The molecule has 0 atom stereocenters. The third-order valence-electron chi connectivity index (χ3n) is 4.31. The molecule has 4 rings (SSSR count). The minimum Gasteiger partial charge on any atom is -0.497 e.